The summed E-state index contributed by atoms with van der Waals surface area (Å²) in [5, 5.41) is 14.8. The van der Waals surface area contributed by atoms with Crippen molar-refractivity contribution in [3.05, 3.63) is 204 Å². The maximum atomic E-state index is 6.14. The molecular weight excluding hydrogens is 741 g/mol. The molecule has 9 nitrogen and oxygen atoms in total. The van der Waals surface area contributed by atoms with Gasteiger partial charge in [-0.2, -0.15) is 4.98 Å². The van der Waals surface area contributed by atoms with Gasteiger partial charge in [0.2, 0.25) is 5.82 Å². The lowest BCUT2D eigenvalue weighted by Gasteiger charge is -2.34. The molecule has 0 aliphatic carbocycles. The normalized spacial score (nSPS) is 11.7. The predicted molar refractivity (Wildman–Crippen MR) is 238 cm³/mol. The summed E-state index contributed by atoms with van der Waals surface area (Å²) in [6.45, 7) is 5.19. The highest BCUT2D eigenvalue weighted by atomic mass is 16.5. The van der Waals surface area contributed by atoms with Gasteiger partial charge in [0.05, 0.1) is 35.2 Å². The van der Waals surface area contributed by atoms with E-state index in [0.717, 1.165) is 78.0 Å². The molecule has 60 heavy (non-hydrogen) atoms. The smallest absolute Gasteiger partial charge is 0.297 e. The van der Waals surface area contributed by atoms with E-state index in [9.17, 15) is 0 Å². The summed E-state index contributed by atoms with van der Waals surface area (Å²) in [5.41, 5.74) is 12.4. The lowest BCUT2D eigenvalue weighted by molar-refractivity contribution is 0.301. The molecule has 0 atom stereocenters. The van der Waals surface area contributed by atoms with Gasteiger partial charge in [-0.05, 0) is 82.3 Å². The van der Waals surface area contributed by atoms with E-state index in [2.05, 4.69) is 163 Å². The Kier molecular flexibility index (Phi) is 9.33. The van der Waals surface area contributed by atoms with Gasteiger partial charge in [-0.1, -0.05) is 152 Å². The van der Waals surface area contributed by atoms with Crippen molar-refractivity contribution in [2.75, 3.05) is 6.61 Å². The number of tetrazole rings is 1. The standard InChI is InChI=1S/C51H42N8O/c1-4-60-50-53-47-35(2)32-38(49-52-44-26-16-17-27-45(44)57(49)3)33-46(47)58(50)34-36-28-30-37(31-29-36)42-24-14-15-25-43(42)48-54-56-59(55-48)51(39-18-8-5-9-19-39,40-20-10-6-11-21-40)41-22-12-7-13-23-41/h5-33H,4,34H2,1-3H3. The molecule has 7 aromatic carbocycles. The van der Waals surface area contributed by atoms with Crippen molar-refractivity contribution in [3.63, 3.8) is 0 Å². The van der Waals surface area contributed by atoms with Gasteiger partial charge in [0, 0.05) is 18.2 Å². The molecule has 0 aliphatic heterocycles. The second-order valence-corrected chi connectivity index (χ2v) is 15.0. The second kappa shape index (κ2) is 15.3. The Morgan fingerprint density at radius 3 is 1.83 bits per heavy atom. The second-order valence-electron chi connectivity index (χ2n) is 15.0. The van der Waals surface area contributed by atoms with Crippen molar-refractivity contribution in [3.8, 4) is 39.9 Å². The molecule has 0 unspecified atom stereocenters. The SMILES string of the molecule is CCOc1nc2c(C)cc(-c3nc4ccccc4n3C)cc2n1Cc1ccc(-c2ccccc2-c2nnn(C(c3ccccc3)(c3ccccc3)c3ccccc3)n2)cc1. The number of benzene rings is 7. The summed E-state index contributed by atoms with van der Waals surface area (Å²) in [6.07, 6.45) is 0. The third kappa shape index (κ3) is 6.23. The van der Waals surface area contributed by atoms with E-state index in [1.165, 1.54) is 0 Å². The molecule has 0 bridgehead atoms. The van der Waals surface area contributed by atoms with Gasteiger partial charge >= 0.3 is 0 Å². The number of para-hydroxylation sites is 2. The lowest BCUT2D eigenvalue weighted by atomic mass is 9.77. The molecule has 0 radical (unpaired) electrons. The van der Waals surface area contributed by atoms with Crippen LogP contribution < -0.4 is 4.74 Å². The fourth-order valence-electron chi connectivity index (χ4n) is 8.55. The molecule has 0 saturated carbocycles. The molecule has 9 heteroatoms. The van der Waals surface area contributed by atoms with Gasteiger partial charge in [0.25, 0.3) is 6.01 Å². The predicted octanol–water partition coefficient (Wildman–Crippen LogP) is 10.5. The Bertz CT molecular complexity index is 3000. The number of fused-ring (bicyclic) bond motifs is 2. The molecule has 0 N–H and O–H groups in total. The number of aromatic nitrogens is 8. The minimum atomic E-state index is -0.867. The van der Waals surface area contributed by atoms with Crippen LogP contribution in [0.1, 0.15) is 34.7 Å². The maximum Gasteiger partial charge on any atom is 0.297 e. The maximum absolute atomic E-state index is 6.14. The van der Waals surface area contributed by atoms with Crippen LogP contribution in [0, 0.1) is 6.92 Å². The molecule has 0 spiro atoms. The Balaban J connectivity index is 1.02. The van der Waals surface area contributed by atoms with Crippen molar-refractivity contribution in [1.82, 2.24) is 39.3 Å². The highest BCUT2D eigenvalue weighted by Gasteiger charge is 2.41. The summed E-state index contributed by atoms with van der Waals surface area (Å²) >= 11 is 0. The van der Waals surface area contributed by atoms with E-state index in [-0.39, 0.29) is 0 Å². The molecule has 3 heterocycles. The first kappa shape index (κ1) is 36.7. The van der Waals surface area contributed by atoms with E-state index < -0.39 is 5.54 Å². The summed E-state index contributed by atoms with van der Waals surface area (Å²) in [7, 11) is 2.07. The number of rotatable bonds is 11. The monoisotopic (exact) mass is 782 g/mol. The van der Waals surface area contributed by atoms with Crippen molar-refractivity contribution < 1.29 is 4.74 Å². The van der Waals surface area contributed by atoms with Crippen LogP contribution >= 0.6 is 0 Å². The fraction of sp³-hybridized carbons (Fsp3) is 0.118. The summed E-state index contributed by atoms with van der Waals surface area (Å²) in [4.78, 5) is 11.7. The first-order valence-electron chi connectivity index (χ1n) is 20.2. The van der Waals surface area contributed by atoms with E-state index in [0.29, 0.717) is 25.0 Å². The van der Waals surface area contributed by atoms with Crippen molar-refractivity contribution in [1.29, 1.82) is 0 Å². The average molecular weight is 783 g/mol. The molecule has 0 amide bonds. The van der Waals surface area contributed by atoms with Crippen LogP contribution in [-0.2, 0) is 19.1 Å². The molecule has 3 aromatic heterocycles. The third-order valence-electron chi connectivity index (χ3n) is 11.4. The topological polar surface area (TPSA) is 88.5 Å². The number of nitrogens with zero attached hydrogens (tertiary/aromatic N) is 8. The highest BCUT2D eigenvalue weighted by Crippen LogP contribution is 2.41. The molecule has 10 aromatic rings. The minimum absolute atomic E-state index is 0.511. The van der Waals surface area contributed by atoms with Crippen LogP contribution in [-0.4, -0.2) is 45.9 Å². The summed E-state index contributed by atoms with van der Waals surface area (Å²) < 4.78 is 10.5. The fourth-order valence-corrected chi connectivity index (χ4v) is 8.55. The number of ether oxygens (including phenoxy) is 1. The van der Waals surface area contributed by atoms with Gasteiger partial charge in [-0.25, -0.2) is 4.98 Å². The van der Waals surface area contributed by atoms with Gasteiger partial charge in [-0.3, -0.25) is 4.57 Å². The lowest BCUT2D eigenvalue weighted by Crippen LogP contribution is -2.39. The van der Waals surface area contributed by atoms with E-state index >= 15 is 0 Å². The number of imidazole rings is 2. The van der Waals surface area contributed by atoms with Crippen LogP contribution in [0.2, 0.25) is 0 Å². The zero-order valence-electron chi connectivity index (χ0n) is 33.6. The first-order valence-corrected chi connectivity index (χ1v) is 20.2. The molecule has 0 fully saturated rings. The van der Waals surface area contributed by atoms with E-state index in [4.69, 9.17) is 30.1 Å². The summed E-state index contributed by atoms with van der Waals surface area (Å²) in [6, 6.07) is 61.3. The van der Waals surface area contributed by atoms with Gasteiger partial charge in [0.1, 0.15) is 5.82 Å². The van der Waals surface area contributed by atoms with Crippen molar-refractivity contribution >= 4 is 22.1 Å². The van der Waals surface area contributed by atoms with Crippen molar-refractivity contribution in [2.45, 2.75) is 25.9 Å². The highest BCUT2D eigenvalue weighted by molar-refractivity contribution is 5.88. The van der Waals surface area contributed by atoms with Crippen LogP contribution in [0.15, 0.2) is 176 Å². The van der Waals surface area contributed by atoms with Crippen LogP contribution in [0.4, 0.5) is 0 Å². The van der Waals surface area contributed by atoms with E-state index in [1.54, 1.807) is 4.80 Å². The van der Waals surface area contributed by atoms with Crippen LogP contribution in [0.5, 0.6) is 6.01 Å². The minimum Gasteiger partial charge on any atom is -0.465 e. The Hall–Kier alpha value is -7.65. The van der Waals surface area contributed by atoms with Gasteiger partial charge in [0.15, 0.2) is 5.54 Å². The molecule has 10 rings (SSSR count). The average Bonchev–Trinajstić information content (AvgIpc) is 4.02. The third-order valence-corrected chi connectivity index (χ3v) is 11.4. The zero-order chi connectivity index (χ0) is 40.6. The largest absolute Gasteiger partial charge is 0.465 e. The number of hydrogen-bond acceptors (Lipinski definition) is 6. The molecule has 0 aliphatic rings. The summed E-state index contributed by atoms with van der Waals surface area (Å²) in [5.74, 6) is 1.45. The van der Waals surface area contributed by atoms with Gasteiger partial charge < -0.3 is 9.30 Å². The quantitative estimate of drug-likeness (QED) is 0.121. The van der Waals surface area contributed by atoms with Crippen LogP contribution in [0.3, 0.4) is 0 Å². The Labute approximate surface area is 348 Å². The van der Waals surface area contributed by atoms with E-state index in [1.807, 2.05) is 43.3 Å². The first-order chi connectivity index (χ1) is 29.5. The van der Waals surface area contributed by atoms with Gasteiger partial charge in [-0.15, -0.1) is 15.0 Å². The number of aryl methyl sites for hydroxylation is 2. The zero-order valence-corrected chi connectivity index (χ0v) is 33.6. The number of hydrogen-bond donors (Lipinski definition) is 0. The van der Waals surface area contributed by atoms with Crippen molar-refractivity contribution in [2.24, 2.45) is 7.05 Å². The Morgan fingerprint density at radius 2 is 1.20 bits per heavy atom. The molecule has 0 saturated heterocycles. The molecule has 292 valence electrons. The van der Waals surface area contributed by atoms with Crippen LogP contribution in [0.25, 0.3) is 56.0 Å². The molecular formula is C51H42N8O. The Morgan fingerprint density at radius 1 is 0.600 bits per heavy atom.